The number of rotatable bonds is 4. The number of carboxylic acid groups (broad SMARTS) is 1. The molecule has 3 amide bonds. The van der Waals surface area contributed by atoms with E-state index in [1.807, 2.05) is 30.3 Å². The van der Waals surface area contributed by atoms with Crippen LogP contribution in [-0.2, 0) is 4.79 Å². The average Bonchev–Trinajstić information content (AvgIpc) is 3.35. The van der Waals surface area contributed by atoms with Crippen molar-refractivity contribution in [2.45, 2.75) is 5.92 Å². The summed E-state index contributed by atoms with van der Waals surface area (Å²) in [5.74, 6) is -1.93. The molecule has 2 heterocycles. The number of carboxylic acids is 1. The normalized spacial score (nSPS) is 21.6. The number of nitrogens with one attached hydrogen (secondary N) is 1. The number of hydrogen-bond donors (Lipinski definition) is 2. The van der Waals surface area contributed by atoms with Gasteiger partial charge in [0.25, 0.3) is 5.91 Å². The second-order valence-electron chi connectivity index (χ2n) is 7.10. The SMILES string of the molecule is O=C(O)C1CN(C(=O)c2ccc(N3CCNC3=O)cc2)CC1c1ccccc1. The van der Waals surface area contributed by atoms with Crippen LogP contribution in [0, 0.1) is 5.92 Å². The smallest absolute Gasteiger partial charge is 0.321 e. The second-order valence-corrected chi connectivity index (χ2v) is 7.10. The van der Waals surface area contributed by atoms with Crippen molar-refractivity contribution in [3.05, 3.63) is 65.7 Å². The summed E-state index contributed by atoms with van der Waals surface area (Å²) in [6.07, 6.45) is 0. The fourth-order valence-corrected chi connectivity index (χ4v) is 3.94. The zero-order valence-electron chi connectivity index (χ0n) is 15.2. The fourth-order valence-electron chi connectivity index (χ4n) is 3.94. The van der Waals surface area contributed by atoms with Crippen molar-refractivity contribution in [2.75, 3.05) is 31.1 Å². The van der Waals surface area contributed by atoms with Crippen molar-refractivity contribution < 1.29 is 19.5 Å². The van der Waals surface area contributed by atoms with Crippen LogP contribution >= 0.6 is 0 Å². The lowest BCUT2D eigenvalue weighted by Gasteiger charge is -2.18. The average molecular weight is 379 g/mol. The molecule has 7 heteroatoms. The number of anilines is 1. The summed E-state index contributed by atoms with van der Waals surface area (Å²) in [7, 11) is 0. The summed E-state index contributed by atoms with van der Waals surface area (Å²) in [5, 5.41) is 12.4. The molecule has 28 heavy (non-hydrogen) atoms. The molecule has 2 N–H and O–H groups in total. The van der Waals surface area contributed by atoms with Crippen LogP contribution in [0.25, 0.3) is 0 Å². The molecule has 2 unspecified atom stereocenters. The summed E-state index contributed by atoms with van der Waals surface area (Å²) in [6.45, 7) is 1.75. The summed E-state index contributed by atoms with van der Waals surface area (Å²) in [6, 6.07) is 16.2. The third-order valence-corrected chi connectivity index (χ3v) is 5.43. The first-order valence-electron chi connectivity index (χ1n) is 9.27. The predicted octanol–water partition coefficient (Wildman–Crippen LogP) is 2.16. The Kier molecular flexibility index (Phi) is 4.73. The highest BCUT2D eigenvalue weighted by Gasteiger charge is 2.40. The van der Waals surface area contributed by atoms with Gasteiger partial charge in [0, 0.05) is 43.3 Å². The molecular weight excluding hydrogens is 358 g/mol. The molecule has 144 valence electrons. The third kappa shape index (κ3) is 3.31. The molecule has 2 aliphatic rings. The molecule has 7 nitrogen and oxygen atoms in total. The lowest BCUT2D eigenvalue weighted by Crippen LogP contribution is -2.30. The number of carbonyl (C=O) groups is 3. The third-order valence-electron chi connectivity index (χ3n) is 5.43. The highest BCUT2D eigenvalue weighted by atomic mass is 16.4. The molecule has 2 aromatic carbocycles. The molecule has 2 aliphatic heterocycles. The standard InChI is InChI=1S/C21H21N3O4/c25-19(15-6-8-16(9-7-15)24-11-10-22-21(24)28)23-12-17(18(13-23)20(26)27)14-4-2-1-3-5-14/h1-9,17-18H,10-13H2,(H,22,28)(H,26,27). The van der Waals surface area contributed by atoms with E-state index < -0.39 is 11.9 Å². The minimum absolute atomic E-state index is 0.145. The van der Waals surface area contributed by atoms with Gasteiger partial charge in [-0.25, -0.2) is 4.79 Å². The van der Waals surface area contributed by atoms with Gasteiger partial charge in [0.1, 0.15) is 0 Å². The van der Waals surface area contributed by atoms with E-state index in [0.717, 1.165) is 11.3 Å². The first-order valence-corrected chi connectivity index (χ1v) is 9.27. The van der Waals surface area contributed by atoms with Gasteiger partial charge in [0.15, 0.2) is 0 Å². The number of urea groups is 1. The minimum Gasteiger partial charge on any atom is -0.481 e. The first kappa shape index (κ1) is 18.0. The van der Waals surface area contributed by atoms with Crippen LogP contribution in [0.15, 0.2) is 54.6 Å². The fraction of sp³-hybridized carbons (Fsp3) is 0.286. The number of amides is 3. The van der Waals surface area contributed by atoms with Gasteiger partial charge in [-0.3, -0.25) is 14.5 Å². The van der Waals surface area contributed by atoms with Crippen molar-refractivity contribution in [3.63, 3.8) is 0 Å². The minimum atomic E-state index is -0.889. The zero-order valence-corrected chi connectivity index (χ0v) is 15.2. The molecule has 0 aliphatic carbocycles. The van der Waals surface area contributed by atoms with Gasteiger partial charge >= 0.3 is 12.0 Å². The molecule has 0 saturated carbocycles. The van der Waals surface area contributed by atoms with Crippen LogP contribution < -0.4 is 10.2 Å². The van der Waals surface area contributed by atoms with Gasteiger partial charge in [-0.1, -0.05) is 30.3 Å². The summed E-state index contributed by atoms with van der Waals surface area (Å²) < 4.78 is 0. The van der Waals surface area contributed by atoms with Crippen molar-refractivity contribution in [1.82, 2.24) is 10.2 Å². The topological polar surface area (TPSA) is 89.9 Å². The summed E-state index contributed by atoms with van der Waals surface area (Å²) in [5.41, 5.74) is 2.15. The number of likely N-dealkylation sites (tertiary alicyclic amines) is 1. The molecule has 0 bridgehead atoms. The van der Waals surface area contributed by atoms with Crippen LogP contribution in [0.4, 0.5) is 10.5 Å². The van der Waals surface area contributed by atoms with E-state index in [9.17, 15) is 19.5 Å². The highest BCUT2D eigenvalue weighted by molar-refractivity contribution is 5.97. The first-order chi connectivity index (χ1) is 13.5. The largest absolute Gasteiger partial charge is 0.481 e. The van der Waals surface area contributed by atoms with E-state index in [1.54, 1.807) is 34.1 Å². The molecule has 0 spiro atoms. The molecule has 2 fully saturated rings. The Labute approximate surface area is 162 Å². The van der Waals surface area contributed by atoms with Gasteiger partial charge < -0.3 is 15.3 Å². The Morgan fingerprint density at radius 2 is 1.71 bits per heavy atom. The quantitative estimate of drug-likeness (QED) is 0.852. The van der Waals surface area contributed by atoms with Crippen molar-refractivity contribution in [3.8, 4) is 0 Å². The molecule has 2 aromatic rings. The van der Waals surface area contributed by atoms with Crippen LogP contribution in [0.1, 0.15) is 21.8 Å². The van der Waals surface area contributed by atoms with Gasteiger partial charge in [-0.2, -0.15) is 0 Å². The lowest BCUT2D eigenvalue weighted by atomic mass is 9.89. The van der Waals surface area contributed by atoms with Crippen LogP contribution in [-0.4, -0.2) is 54.1 Å². The molecular formula is C21H21N3O4. The van der Waals surface area contributed by atoms with E-state index in [4.69, 9.17) is 0 Å². The Hall–Kier alpha value is -3.35. The summed E-state index contributed by atoms with van der Waals surface area (Å²) in [4.78, 5) is 39.6. The Bertz CT molecular complexity index is 898. The summed E-state index contributed by atoms with van der Waals surface area (Å²) >= 11 is 0. The van der Waals surface area contributed by atoms with Gasteiger partial charge in [0.2, 0.25) is 0 Å². The number of carbonyl (C=O) groups excluding carboxylic acids is 2. The van der Waals surface area contributed by atoms with Crippen molar-refractivity contribution in [1.29, 1.82) is 0 Å². The maximum absolute atomic E-state index is 12.9. The molecule has 2 atom stereocenters. The number of hydrogen-bond acceptors (Lipinski definition) is 3. The molecule has 2 saturated heterocycles. The predicted molar refractivity (Wildman–Crippen MR) is 103 cm³/mol. The number of nitrogens with zero attached hydrogens (tertiary/aromatic N) is 2. The van der Waals surface area contributed by atoms with Crippen LogP contribution in [0.2, 0.25) is 0 Å². The molecule has 0 radical (unpaired) electrons. The van der Waals surface area contributed by atoms with Crippen LogP contribution in [0.5, 0.6) is 0 Å². The van der Waals surface area contributed by atoms with E-state index >= 15 is 0 Å². The zero-order chi connectivity index (χ0) is 19.7. The van der Waals surface area contributed by atoms with E-state index in [1.165, 1.54) is 0 Å². The second kappa shape index (κ2) is 7.34. The Morgan fingerprint density at radius 3 is 2.32 bits per heavy atom. The molecule has 4 rings (SSSR count). The maximum atomic E-state index is 12.9. The number of benzene rings is 2. The van der Waals surface area contributed by atoms with Crippen molar-refractivity contribution in [2.24, 2.45) is 5.92 Å². The Morgan fingerprint density at radius 1 is 1.00 bits per heavy atom. The maximum Gasteiger partial charge on any atom is 0.321 e. The lowest BCUT2D eigenvalue weighted by molar-refractivity contribution is -0.141. The van der Waals surface area contributed by atoms with Gasteiger partial charge in [-0.05, 0) is 29.8 Å². The van der Waals surface area contributed by atoms with Gasteiger partial charge in [0.05, 0.1) is 5.92 Å². The van der Waals surface area contributed by atoms with Crippen LogP contribution in [0.3, 0.4) is 0 Å². The Balaban J connectivity index is 1.51. The monoisotopic (exact) mass is 379 g/mol. The molecule has 0 aromatic heterocycles. The van der Waals surface area contributed by atoms with Crippen molar-refractivity contribution >= 4 is 23.6 Å². The number of aliphatic carboxylic acids is 1. The highest BCUT2D eigenvalue weighted by Crippen LogP contribution is 2.33. The van der Waals surface area contributed by atoms with E-state index in [2.05, 4.69) is 5.32 Å². The van der Waals surface area contributed by atoms with Gasteiger partial charge in [-0.15, -0.1) is 0 Å². The van der Waals surface area contributed by atoms with E-state index in [0.29, 0.717) is 25.2 Å². The van der Waals surface area contributed by atoms with E-state index in [-0.39, 0.29) is 24.4 Å².